The van der Waals surface area contributed by atoms with Crippen molar-refractivity contribution in [3.8, 4) is 16.9 Å². The second kappa shape index (κ2) is 7.78. The van der Waals surface area contributed by atoms with E-state index in [1.54, 1.807) is 31.4 Å². The molecule has 6 rings (SSSR count). The first kappa shape index (κ1) is 20.1. The number of anilines is 1. The van der Waals surface area contributed by atoms with E-state index in [2.05, 4.69) is 10.6 Å². The molecule has 0 fully saturated rings. The minimum atomic E-state index is -0.460. The summed E-state index contributed by atoms with van der Waals surface area (Å²) in [6.45, 7) is 0. The van der Waals surface area contributed by atoms with Gasteiger partial charge in [0.1, 0.15) is 23.1 Å². The molecule has 0 radical (unpaired) electrons. The van der Waals surface area contributed by atoms with E-state index in [1.165, 1.54) is 0 Å². The number of para-hydroxylation sites is 1. The molecule has 1 aromatic heterocycles. The number of ether oxygens (including phenoxy) is 1. The summed E-state index contributed by atoms with van der Waals surface area (Å²) in [6.07, 6.45) is -0.460. The van der Waals surface area contributed by atoms with Crippen molar-refractivity contribution in [1.82, 2.24) is 5.32 Å². The quantitative estimate of drug-likeness (QED) is 0.358. The first-order valence-corrected chi connectivity index (χ1v) is 10.9. The van der Waals surface area contributed by atoms with Gasteiger partial charge in [0.2, 0.25) is 5.43 Å². The Morgan fingerprint density at radius 1 is 0.824 bits per heavy atom. The predicted octanol–water partition coefficient (Wildman–Crippen LogP) is 5.48. The van der Waals surface area contributed by atoms with Gasteiger partial charge in [0.15, 0.2) is 0 Å². The van der Waals surface area contributed by atoms with Gasteiger partial charge < -0.3 is 19.8 Å². The number of fused-ring (bicyclic) bond motifs is 3. The maximum absolute atomic E-state index is 13.4. The van der Waals surface area contributed by atoms with Crippen LogP contribution >= 0.6 is 0 Å². The van der Waals surface area contributed by atoms with Crippen LogP contribution in [-0.4, -0.2) is 13.0 Å². The van der Waals surface area contributed by atoms with E-state index in [-0.39, 0.29) is 11.3 Å². The highest BCUT2D eigenvalue weighted by atomic mass is 16.5. The predicted molar refractivity (Wildman–Crippen MR) is 132 cm³/mol. The molecule has 6 heteroatoms. The maximum Gasteiger partial charge on any atom is 0.255 e. The molecule has 1 aliphatic heterocycles. The fourth-order valence-corrected chi connectivity index (χ4v) is 4.50. The zero-order valence-corrected chi connectivity index (χ0v) is 18.3. The largest absolute Gasteiger partial charge is 0.497 e. The molecular formula is C28H20N2O4. The Morgan fingerprint density at radius 2 is 1.56 bits per heavy atom. The van der Waals surface area contributed by atoms with Gasteiger partial charge in [-0.15, -0.1) is 0 Å². The van der Waals surface area contributed by atoms with Crippen LogP contribution in [0.15, 0.2) is 94.1 Å². The van der Waals surface area contributed by atoms with Crippen molar-refractivity contribution in [2.75, 3.05) is 12.4 Å². The smallest absolute Gasteiger partial charge is 0.255 e. The van der Waals surface area contributed by atoms with Crippen LogP contribution in [0.1, 0.15) is 22.1 Å². The standard InChI is InChI=1S/C28H20N2O4/c1-33-18-13-11-17(12-14-18)27-29-24-20(28(32)30-27)15-21-25(31)19-9-5-6-10-22(19)34-26(21)23(24)16-7-3-2-4-8-16/h2-15,27,29H,1H3,(H,30,32). The SMILES string of the molecule is COc1ccc(C2NC(=O)c3cc4c(=O)c5ccccc5oc4c(-c4ccccc4)c3N2)cc1. The van der Waals surface area contributed by atoms with Crippen LogP contribution in [0.25, 0.3) is 33.1 Å². The minimum absolute atomic E-state index is 0.165. The molecule has 2 N–H and O–H groups in total. The Kier molecular flexibility index (Phi) is 4.59. The summed E-state index contributed by atoms with van der Waals surface area (Å²) in [6, 6.07) is 25.9. The number of rotatable bonds is 3. The molecule has 0 spiro atoms. The van der Waals surface area contributed by atoms with Crippen molar-refractivity contribution in [1.29, 1.82) is 0 Å². The van der Waals surface area contributed by atoms with Gasteiger partial charge in [-0.05, 0) is 41.5 Å². The number of methoxy groups -OCH3 is 1. The van der Waals surface area contributed by atoms with E-state index in [0.717, 1.165) is 16.9 Å². The third kappa shape index (κ3) is 3.11. The van der Waals surface area contributed by atoms with E-state index in [0.29, 0.717) is 38.8 Å². The van der Waals surface area contributed by atoms with Crippen molar-refractivity contribution >= 4 is 33.5 Å². The number of benzene rings is 4. The van der Waals surface area contributed by atoms with Crippen molar-refractivity contribution in [2.45, 2.75) is 6.17 Å². The van der Waals surface area contributed by atoms with Gasteiger partial charge in [-0.3, -0.25) is 9.59 Å². The number of hydrogen-bond donors (Lipinski definition) is 2. The topological polar surface area (TPSA) is 80.6 Å². The van der Waals surface area contributed by atoms with E-state index in [9.17, 15) is 9.59 Å². The molecule has 0 aliphatic carbocycles. The first-order chi connectivity index (χ1) is 16.6. The summed E-state index contributed by atoms with van der Waals surface area (Å²) in [5.41, 5.74) is 4.22. The average Bonchev–Trinajstić information content (AvgIpc) is 2.88. The number of carbonyl (C=O) groups excluding carboxylic acids is 1. The molecule has 1 aliphatic rings. The maximum atomic E-state index is 13.4. The fourth-order valence-electron chi connectivity index (χ4n) is 4.50. The Balaban J connectivity index is 1.64. The van der Waals surface area contributed by atoms with Crippen molar-refractivity contribution in [3.63, 3.8) is 0 Å². The zero-order chi connectivity index (χ0) is 23.2. The highest BCUT2D eigenvalue weighted by molar-refractivity contribution is 6.13. The summed E-state index contributed by atoms with van der Waals surface area (Å²) >= 11 is 0. The molecule has 1 unspecified atom stereocenters. The van der Waals surface area contributed by atoms with Crippen LogP contribution in [-0.2, 0) is 0 Å². The summed E-state index contributed by atoms with van der Waals surface area (Å²) in [5, 5.41) is 7.33. The highest BCUT2D eigenvalue weighted by Gasteiger charge is 2.30. The summed E-state index contributed by atoms with van der Waals surface area (Å²) in [5.74, 6) is 0.470. The van der Waals surface area contributed by atoms with Crippen LogP contribution in [0.5, 0.6) is 5.75 Å². The average molecular weight is 448 g/mol. The van der Waals surface area contributed by atoms with Crippen molar-refractivity contribution in [2.24, 2.45) is 0 Å². The lowest BCUT2D eigenvalue weighted by Gasteiger charge is -2.30. The van der Waals surface area contributed by atoms with E-state index in [1.807, 2.05) is 60.7 Å². The molecule has 0 saturated heterocycles. The lowest BCUT2D eigenvalue weighted by molar-refractivity contribution is 0.0936. The lowest BCUT2D eigenvalue weighted by Crippen LogP contribution is -2.38. The van der Waals surface area contributed by atoms with Crippen LogP contribution in [0.4, 0.5) is 5.69 Å². The van der Waals surface area contributed by atoms with E-state index >= 15 is 0 Å². The van der Waals surface area contributed by atoms with Crippen molar-refractivity contribution < 1.29 is 13.9 Å². The molecule has 166 valence electrons. The number of amides is 1. The normalized spacial score (nSPS) is 15.0. The van der Waals surface area contributed by atoms with Gasteiger partial charge in [-0.25, -0.2) is 0 Å². The molecule has 6 nitrogen and oxygen atoms in total. The van der Waals surface area contributed by atoms with Crippen molar-refractivity contribution in [3.05, 3.63) is 106 Å². The molecule has 1 atom stereocenters. The minimum Gasteiger partial charge on any atom is -0.497 e. The molecule has 1 amide bonds. The van der Waals surface area contributed by atoms with Gasteiger partial charge in [0.25, 0.3) is 5.91 Å². The van der Waals surface area contributed by atoms with Crippen LogP contribution in [0.2, 0.25) is 0 Å². The highest BCUT2D eigenvalue weighted by Crippen LogP contribution is 2.41. The van der Waals surface area contributed by atoms with E-state index < -0.39 is 6.17 Å². The molecule has 5 aromatic rings. The molecule has 34 heavy (non-hydrogen) atoms. The lowest BCUT2D eigenvalue weighted by atomic mass is 9.93. The van der Waals surface area contributed by atoms with Gasteiger partial charge in [0.05, 0.1) is 29.1 Å². The second-order valence-corrected chi connectivity index (χ2v) is 8.17. The zero-order valence-electron chi connectivity index (χ0n) is 18.3. The summed E-state index contributed by atoms with van der Waals surface area (Å²) < 4.78 is 11.6. The number of hydrogen-bond acceptors (Lipinski definition) is 5. The van der Waals surface area contributed by atoms with Gasteiger partial charge in [-0.1, -0.05) is 54.6 Å². The fraction of sp³-hybridized carbons (Fsp3) is 0.0714. The summed E-state index contributed by atoms with van der Waals surface area (Å²) in [4.78, 5) is 26.7. The van der Waals surface area contributed by atoms with Crippen LogP contribution < -0.4 is 20.8 Å². The Labute approximate surface area is 194 Å². The molecule has 2 heterocycles. The van der Waals surface area contributed by atoms with Crippen LogP contribution in [0.3, 0.4) is 0 Å². The number of nitrogens with one attached hydrogen (secondary N) is 2. The van der Waals surface area contributed by atoms with E-state index in [4.69, 9.17) is 9.15 Å². The monoisotopic (exact) mass is 448 g/mol. The van der Waals surface area contributed by atoms with Gasteiger partial charge in [0, 0.05) is 5.56 Å². The molecule has 0 bridgehead atoms. The first-order valence-electron chi connectivity index (χ1n) is 10.9. The Morgan fingerprint density at radius 3 is 2.32 bits per heavy atom. The van der Waals surface area contributed by atoms with Gasteiger partial charge >= 0.3 is 0 Å². The third-order valence-corrected chi connectivity index (χ3v) is 6.19. The Hall–Kier alpha value is -4.58. The molecular weight excluding hydrogens is 428 g/mol. The summed E-state index contributed by atoms with van der Waals surface area (Å²) in [7, 11) is 1.61. The Bertz CT molecular complexity index is 1620. The second-order valence-electron chi connectivity index (χ2n) is 8.17. The molecule has 4 aromatic carbocycles. The molecule has 0 saturated carbocycles. The third-order valence-electron chi connectivity index (χ3n) is 6.19. The number of carbonyl (C=O) groups is 1. The van der Waals surface area contributed by atoms with Crippen LogP contribution in [0, 0.1) is 0 Å². The van der Waals surface area contributed by atoms with Gasteiger partial charge in [-0.2, -0.15) is 0 Å².